The molecule has 0 radical (unpaired) electrons. The molecule has 2 aromatic heterocycles. The molecule has 0 saturated heterocycles. The molecule has 1 atom stereocenters. The SMILES string of the molecule is CC(NS(=O)(=O)c1ccc(C(C)(C)C)cc1)c1nc(-c2ccncc2)n[nH]1. The van der Waals surface area contributed by atoms with Crippen LogP contribution in [-0.4, -0.2) is 28.6 Å². The van der Waals surface area contributed by atoms with Crippen LogP contribution in [0, 0.1) is 0 Å². The number of sulfonamides is 1. The molecule has 0 bridgehead atoms. The molecule has 1 unspecified atom stereocenters. The Kier molecular flexibility index (Phi) is 5.12. The summed E-state index contributed by atoms with van der Waals surface area (Å²) < 4.78 is 28.0. The number of rotatable bonds is 5. The minimum atomic E-state index is -3.67. The molecule has 27 heavy (non-hydrogen) atoms. The smallest absolute Gasteiger partial charge is 0.241 e. The highest BCUT2D eigenvalue weighted by molar-refractivity contribution is 7.89. The zero-order chi connectivity index (χ0) is 19.7. The van der Waals surface area contributed by atoms with Gasteiger partial charge in [0.1, 0.15) is 5.82 Å². The van der Waals surface area contributed by atoms with E-state index in [-0.39, 0.29) is 10.3 Å². The number of aromatic nitrogens is 4. The maximum atomic E-state index is 12.7. The van der Waals surface area contributed by atoms with Gasteiger partial charge in [0.15, 0.2) is 5.82 Å². The number of nitrogens with one attached hydrogen (secondary N) is 2. The van der Waals surface area contributed by atoms with E-state index in [0.717, 1.165) is 11.1 Å². The second kappa shape index (κ2) is 7.21. The Labute approximate surface area is 159 Å². The number of hydrogen-bond acceptors (Lipinski definition) is 5. The van der Waals surface area contributed by atoms with Crippen LogP contribution in [0.15, 0.2) is 53.7 Å². The standard InChI is InChI=1S/C19H23N5O2S/c1-13(17-21-18(23-22-17)14-9-11-20-12-10-14)24-27(25,26)16-7-5-15(6-8-16)19(2,3)4/h5-13,24H,1-4H3,(H,21,22,23). The van der Waals surface area contributed by atoms with E-state index < -0.39 is 16.1 Å². The van der Waals surface area contributed by atoms with Crippen molar-refractivity contribution in [2.45, 2.75) is 44.0 Å². The Morgan fingerprint density at radius 3 is 2.26 bits per heavy atom. The largest absolute Gasteiger partial charge is 0.265 e. The van der Waals surface area contributed by atoms with Crippen LogP contribution in [0.2, 0.25) is 0 Å². The Morgan fingerprint density at radius 2 is 1.67 bits per heavy atom. The molecule has 1 aromatic carbocycles. The van der Waals surface area contributed by atoms with Gasteiger partial charge < -0.3 is 0 Å². The van der Waals surface area contributed by atoms with E-state index in [2.05, 4.69) is 45.7 Å². The van der Waals surface area contributed by atoms with Gasteiger partial charge in [-0.2, -0.15) is 5.10 Å². The Bertz CT molecular complexity index is 1010. The number of aromatic amines is 1. The van der Waals surface area contributed by atoms with E-state index in [0.29, 0.717) is 11.6 Å². The molecule has 0 fully saturated rings. The highest BCUT2D eigenvalue weighted by atomic mass is 32.2. The summed E-state index contributed by atoms with van der Waals surface area (Å²) in [6.07, 6.45) is 3.30. The summed E-state index contributed by atoms with van der Waals surface area (Å²) in [7, 11) is -3.67. The molecule has 0 aliphatic rings. The summed E-state index contributed by atoms with van der Waals surface area (Å²) in [6, 6.07) is 9.96. The first-order valence-electron chi connectivity index (χ1n) is 8.62. The van der Waals surface area contributed by atoms with Crippen molar-refractivity contribution < 1.29 is 8.42 Å². The summed E-state index contributed by atoms with van der Waals surface area (Å²) in [5.41, 5.74) is 1.85. The maximum absolute atomic E-state index is 12.7. The van der Waals surface area contributed by atoms with Crippen LogP contribution < -0.4 is 4.72 Å². The maximum Gasteiger partial charge on any atom is 0.241 e. The molecule has 3 aromatic rings. The van der Waals surface area contributed by atoms with E-state index in [1.54, 1.807) is 43.6 Å². The van der Waals surface area contributed by atoms with E-state index in [1.807, 2.05) is 12.1 Å². The van der Waals surface area contributed by atoms with Crippen LogP contribution in [0.4, 0.5) is 0 Å². The van der Waals surface area contributed by atoms with Gasteiger partial charge >= 0.3 is 0 Å². The Balaban J connectivity index is 1.77. The predicted octanol–water partition coefficient (Wildman–Crippen LogP) is 3.20. The predicted molar refractivity (Wildman–Crippen MR) is 103 cm³/mol. The van der Waals surface area contributed by atoms with Crippen molar-refractivity contribution in [2.75, 3.05) is 0 Å². The van der Waals surface area contributed by atoms with Crippen LogP contribution in [0.5, 0.6) is 0 Å². The molecule has 2 heterocycles. The lowest BCUT2D eigenvalue weighted by molar-refractivity contribution is 0.559. The van der Waals surface area contributed by atoms with Gasteiger partial charge in [0.25, 0.3) is 0 Å². The van der Waals surface area contributed by atoms with Gasteiger partial charge in [-0.05, 0) is 42.2 Å². The van der Waals surface area contributed by atoms with Gasteiger partial charge in [-0.15, -0.1) is 0 Å². The third-order valence-electron chi connectivity index (χ3n) is 4.21. The van der Waals surface area contributed by atoms with Crippen molar-refractivity contribution in [3.63, 3.8) is 0 Å². The molecule has 0 aliphatic heterocycles. The molecule has 3 rings (SSSR count). The molecule has 0 aliphatic carbocycles. The van der Waals surface area contributed by atoms with Gasteiger partial charge in [0, 0.05) is 18.0 Å². The number of hydrogen-bond donors (Lipinski definition) is 2. The van der Waals surface area contributed by atoms with E-state index in [4.69, 9.17) is 0 Å². The zero-order valence-electron chi connectivity index (χ0n) is 15.8. The van der Waals surface area contributed by atoms with Crippen LogP contribution >= 0.6 is 0 Å². The lowest BCUT2D eigenvalue weighted by atomic mass is 9.87. The average Bonchev–Trinajstić information content (AvgIpc) is 3.12. The lowest BCUT2D eigenvalue weighted by Gasteiger charge is -2.19. The van der Waals surface area contributed by atoms with E-state index in [1.165, 1.54) is 0 Å². The van der Waals surface area contributed by atoms with Crippen molar-refractivity contribution in [3.05, 3.63) is 60.2 Å². The zero-order valence-corrected chi connectivity index (χ0v) is 16.6. The molecule has 0 amide bonds. The van der Waals surface area contributed by atoms with Crippen molar-refractivity contribution >= 4 is 10.0 Å². The number of nitrogens with zero attached hydrogens (tertiary/aromatic N) is 3. The van der Waals surface area contributed by atoms with Crippen LogP contribution in [0.1, 0.15) is 45.1 Å². The van der Waals surface area contributed by atoms with Gasteiger partial charge in [-0.25, -0.2) is 18.1 Å². The summed E-state index contributed by atoms with van der Waals surface area (Å²) in [4.78, 5) is 8.56. The first-order chi connectivity index (χ1) is 12.7. The Morgan fingerprint density at radius 1 is 1.04 bits per heavy atom. The first-order valence-corrected chi connectivity index (χ1v) is 10.1. The monoisotopic (exact) mass is 385 g/mol. The second-order valence-electron chi connectivity index (χ2n) is 7.40. The minimum Gasteiger partial charge on any atom is -0.265 e. The van der Waals surface area contributed by atoms with Gasteiger partial charge in [-0.3, -0.25) is 10.1 Å². The summed E-state index contributed by atoms with van der Waals surface area (Å²) >= 11 is 0. The third kappa shape index (κ3) is 4.40. The van der Waals surface area contributed by atoms with Crippen molar-refractivity contribution in [3.8, 4) is 11.4 Å². The van der Waals surface area contributed by atoms with E-state index in [9.17, 15) is 8.42 Å². The minimum absolute atomic E-state index is 0.0355. The first kappa shape index (κ1) is 19.2. The van der Waals surface area contributed by atoms with E-state index >= 15 is 0 Å². The molecule has 7 nitrogen and oxygen atoms in total. The van der Waals surface area contributed by atoms with Crippen LogP contribution in [0.25, 0.3) is 11.4 Å². The number of H-pyrrole nitrogens is 1. The summed E-state index contributed by atoms with van der Waals surface area (Å²) in [5.74, 6) is 0.935. The van der Waals surface area contributed by atoms with Crippen LogP contribution in [-0.2, 0) is 15.4 Å². The molecule has 142 valence electrons. The normalized spacial score (nSPS) is 13.5. The fourth-order valence-corrected chi connectivity index (χ4v) is 3.80. The molecule has 0 spiro atoms. The fraction of sp³-hybridized carbons (Fsp3) is 0.316. The molecule has 0 saturated carbocycles. The lowest BCUT2D eigenvalue weighted by Crippen LogP contribution is -2.27. The van der Waals surface area contributed by atoms with Crippen molar-refractivity contribution in [1.82, 2.24) is 24.9 Å². The third-order valence-corrected chi connectivity index (χ3v) is 5.77. The second-order valence-corrected chi connectivity index (χ2v) is 9.11. The quantitative estimate of drug-likeness (QED) is 0.702. The topological polar surface area (TPSA) is 101 Å². The summed E-state index contributed by atoms with van der Waals surface area (Å²) in [5, 5.41) is 6.95. The summed E-state index contributed by atoms with van der Waals surface area (Å²) in [6.45, 7) is 7.97. The molecule has 2 N–H and O–H groups in total. The molecule has 8 heteroatoms. The van der Waals surface area contributed by atoms with Gasteiger partial charge in [0.05, 0.1) is 10.9 Å². The highest BCUT2D eigenvalue weighted by Gasteiger charge is 2.22. The van der Waals surface area contributed by atoms with Gasteiger partial charge in [0.2, 0.25) is 10.0 Å². The van der Waals surface area contributed by atoms with Crippen molar-refractivity contribution in [2.24, 2.45) is 0 Å². The Hall–Kier alpha value is -2.58. The highest BCUT2D eigenvalue weighted by Crippen LogP contribution is 2.24. The molecular weight excluding hydrogens is 362 g/mol. The molecular formula is C19H23N5O2S. The number of benzene rings is 1. The number of pyridine rings is 1. The average molecular weight is 385 g/mol. The van der Waals surface area contributed by atoms with Crippen LogP contribution in [0.3, 0.4) is 0 Å². The van der Waals surface area contributed by atoms with Gasteiger partial charge in [-0.1, -0.05) is 32.9 Å². The fourth-order valence-electron chi connectivity index (χ4n) is 2.59. The van der Waals surface area contributed by atoms with Crippen molar-refractivity contribution in [1.29, 1.82) is 0 Å².